The molecule has 0 saturated carbocycles. The summed E-state index contributed by atoms with van der Waals surface area (Å²) in [5, 5.41) is 0. The first-order valence-electron chi connectivity index (χ1n) is 7.05. The topological polar surface area (TPSA) is 85.5 Å². The average molecular weight is 287 g/mol. The van der Waals surface area contributed by atoms with Crippen molar-refractivity contribution in [3.63, 3.8) is 0 Å². The van der Waals surface area contributed by atoms with Gasteiger partial charge in [-0.1, -0.05) is 30.3 Å². The van der Waals surface area contributed by atoms with Crippen LogP contribution in [0.3, 0.4) is 0 Å². The van der Waals surface area contributed by atoms with E-state index in [0.717, 1.165) is 6.42 Å². The van der Waals surface area contributed by atoms with Gasteiger partial charge in [-0.2, -0.15) is 0 Å². The molecule has 1 amide bonds. The number of nitrogens with two attached hydrogens (primary N) is 2. The van der Waals surface area contributed by atoms with E-state index in [1.54, 1.807) is 11.0 Å². The third-order valence-corrected chi connectivity index (χ3v) is 3.30. The second kappa shape index (κ2) is 7.61. The highest BCUT2D eigenvalue weighted by atomic mass is 16.3. The Morgan fingerprint density at radius 2 is 1.90 bits per heavy atom. The van der Waals surface area contributed by atoms with Gasteiger partial charge in [0, 0.05) is 19.6 Å². The Balaban J connectivity index is 2.02. The van der Waals surface area contributed by atoms with Gasteiger partial charge in [0.15, 0.2) is 0 Å². The van der Waals surface area contributed by atoms with Gasteiger partial charge in [-0.15, -0.1) is 0 Å². The molecule has 0 aliphatic rings. The molecular weight excluding hydrogens is 266 g/mol. The standard InChI is InChI=1S/C16H21N3O2/c17-7-9-19(8-6-13-4-2-1-3-5-13)16(20)14-10-15(11-18)21-12-14/h1-5,10,12H,6-9,11,17-18H2. The first-order valence-corrected chi connectivity index (χ1v) is 7.05. The van der Waals surface area contributed by atoms with Gasteiger partial charge >= 0.3 is 0 Å². The Hall–Kier alpha value is -2.11. The molecule has 2 rings (SSSR count). The van der Waals surface area contributed by atoms with E-state index in [0.29, 0.717) is 31.0 Å². The number of amides is 1. The molecule has 112 valence electrons. The fraction of sp³-hybridized carbons (Fsp3) is 0.312. The maximum Gasteiger partial charge on any atom is 0.257 e. The lowest BCUT2D eigenvalue weighted by Crippen LogP contribution is -2.36. The first-order chi connectivity index (χ1) is 10.2. The normalized spacial score (nSPS) is 10.6. The van der Waals surface area contributed by atoms with Crippen molar-refractivity contribution in [1.29, 1.82) is 0 Å². The fourth-order valence-corrected chi connectivity index (χ4v) is 2.16. The quantitative estimate of drug-likeness (QED) is 0.805. The minimum Gasteiger partial charge on any atom is -0.467 e. The lowest BCUT2D eigenvalue weighted by atomic mass is 10.1. The lowest BCUT2D eigenvalue weighted by Gasteiger charge is -2.21. The van der Waals surface area contributed by atoms with Crippen LogP contribution in [0.5, 0.6) is 0 Å². The molecule has 0 unspecified atom stereocenters. The van der Waals surface area contributed by atoms with Gasteiger partial charge in [-0.3, -0.25) is 4.79 Å². The second-order valence-electron chi connectivity index (χ2n) is 4.82. The molecule has 0 atom stereocenters. The summed E-state index contributed by atoms with van der Waals surface area (Å²) in [6.07, 6.45) is 2.25. The Bertz CT molecular complexity index is 566. The van der Waals surface area contributed by atoms with Crippen LogP contribution in [0.4, 0.5) is 0 Å². The van der Waals surface area contributed by atoms with Gasteiger partial charge in [0.25, 0.3) is 5.91 Å². The molecule has 0 aliphatic carbocycles. The number of nitrogens with zero attached hydrogens (tertiary/aromatic N) is 1. The zero-order valence-electron chi connectivity index (χ0n) is 12.0. The lowest BCUT2D eigenvalue weighted by molar-refractivity contribution is 0.0761. The molecule has 2 aromatic rings. The van der Waals surface area contributed by atoms with Gasteiger partial charge in [0.05, 0.1) is 12.1 Å². The van der Waals surface area contributed by atoms with Crippen molar-refractivity contribution >= 4 is 5.91 Å². The van der Waals surface area contributed by atoms with E-state index in [1.807, 2.05) is 18.2 Å². The molecule has 1 aromatic carbocycles. The average Bonchev–Trinajstić information content (AvgIpc) is 3.01. The van der Waals surface area contributed by atoms with Crippen molar-refractivity contribution in [2.24, 2.45) is 11.5 Å². The minimum absolute atomic E-state index is 0.0696. The molecule has 0 radical (unpaired) electrons. The predicted octanol–water partition coefficient (Wildman–Crippen LogP) is 1.38. The van der Waals surface area contributed by atoms with Crippen molar-refractivity contribution in [1.82, 2.24) is 4.90 Å². The number of rotatable bonds is 7. The Kier molecular flexibility index (Phi) is 5.54. The number of hydrogen-bond acceptors (Lipinski definition) is 4. The fourth-order valence-electron chi connectivity index (χ4n) is 2.16. The zero-order valence-corrected chi connectivity index (χ0v) is 12.0. The van der Waals surface area contributed by atoms with E-state index in [-0.39, 0.29) is 12.5 Å². The first kappa shape index (κ1) is 15.3. The van der Waals surface area contributed by atoms with Crippen molar-refractivity contribution in [3.05, 3.63) is 59.5 Å². The number of carbonyl (C=O) groups is 1. The molecule has 5 nitrogen and oxygen atoms in total. The zero-order chi connectivity index (χ0) is 15.1. The van der Waals surface area contributed by atoms with E-state index < -0.39 is 0 Å². The number of carbonyl (C=O) groups excluding carboxylic acids is 1. The molecular formula is C16H21N3O2. The van der Waals surface area contributed by atoms with Crippen molar-refractivity contribution in [3.8, 4) is 0 Å². The summed E-state index contributed by atoms with van der Waals surface area (Å²) in [7, 11) is 0. The highest BCUT2D eigenvalue weighted by Gasteiger charge is 2.17. The summed E-state index contributed by atoms with van der Waals surface area (Å²) in [6, 6.07) is 11.8. The van der Waals surface area contributed by atoms with Crippen LogP contribution < -0.4 is 11.5 Å². The molecule has 21 heavy (non-hydrogen) atoms. The predicted molar refractivity (Wildman–Crippen MR) is 81.7 cm³/mol. The monoisotopic (exact) mass is 287 g/mol. The van der Waals surface area contributed by atoms with E-state index >= 15 is 0 Å². The van der Waals surface area contributed by atoms with Gasteiger partial charge in [-0.25, -0.2) is 0 Å². The van der Waals surface area contributed by atoms with E-state index in [9.17, 15) is 4.79 Å². The smallest absolute Gasteiger partial charge is 0.257 e. The molecule has 0 spiro atoms. The van der Waals surface area contributed by atoms with Crippen LogP contribution in [0.2, 0.25) is 0 Å². The van der Waals surface area contributed by atoms with Crippen LogP contribution in [0.25, 0.3) is 0 Å². The molecule has 0 bridgehead atoms. The van der Waals surface area contributed by atoms with Gasteiger partial charge in [0.1, 0.15) is 12.0 Å². The Morgan fingerprint density at radius 1 is 1.14 bits per heavy atom. The number of hydrogen-bond donors (Lipinski definition) is 2. The summed E-state index contributed by atoms with van der Waals surface area (Å²) < 4.78 is 5.22. The summed E-state index contributed by atoms with van der Waals surface area (Å²) in [5.74, 6) is 0.536. The third-order valence-electron chi connectivity index (χ3n) is 3.30. The highest BCUT2D eigenvalue weighted by Crippen LogP contribution is 2.11. The van der Waals surface area contributed by atoms with Crippen molar-refractivity contribution in [2.45, 2.75) is 13.0 Å². The van der Waals surface area contributed by atoms with E-state index in [1.165, 1.54) is 11.8 Å². The van der Waals surface area contributed by atoms with Gasteiger partial charge in [0.2, 0.25) is 0 Å². The molecule has 1 heterocycles. The van der Waals surface area contributed by atoms with Crippen LogP contribution in [0.1, 0.15) is 21.7 Å². The minimum atomic E-state index is -0.0696. The molecule has 0 aliphatic heterocycles. The van der Waals surface area contributed by atoms with E-state index in [4.69, 9.17) is 15.9 Å². The second-order valence-corrected chi connectivity index (χ2v) is 4.82. The maximum atomic E-state index is 12.5. The van der Waals surface area contributed by atoms with Crippen LogP contribution in [0, 0.1) is 0 Å². The van der Waals surface area contributed by atoms with E-state index in [2.05, 4.69) is 12.1 Å². The van der Waals surface area contributed by atoms with Crippen LogP contribution >= 0.6 is 0 Å². The molecule has 1 aromatic heterocycles. The van der Waals surface area contributed by atoms with Crippen LogP contribution in [-0.2, 0) is 13.0 Å². The van der Waals surface area contributed by atoms with Crippen LogP contribution in [0.15, 0.2) is 47.1 Å². The Labute approximate surface area is 124 Å². The molecule has 0 fully saturated rings. The number of benzene rings is 1. The highest BCUT2D eigenvalue weighted by molar-refractivity contribution is 5.94. The van der Waals surface area contributed by atoms with Gasteiger partial charge < -0.3 is 20.8 Å². The molecule has 0 saturated heterocycles. The summed E-state index contributed by atoms with van der Waals surface area (Å²) >= 11 is 0. The summed E-state index contributed by atoms with van der Waals surface area (Å²) in [5.41, 5.74) is 12.8. The van der Waals surface area contributed by atoms with Crippen molar-refractivity contribution in [2.75, 3.05) is 19.6 Å². The van der Waals surface area contributed by atoms with Crippen molar-refractivity contribution < 1.29 is 9.21 Å². The van der Waals surface area contributed by atoms with Crippen LogP contribution in [-0.4, -0.2) is 30.4 Å². The number of furan rings is 1. The summed E-state index contributed by atoms with van der Waals surface area (Å²) in [6.45, 7) is 1.87. The largest absolute Gasteiger partial charge is 0.467 e. The molecule has 4 N–H and O–H groups in total. The summed E-state index contributed by atoms with van der Waals surface area (Å²) in [4.78, 5) is 14.2. The van der Waals surface area contributed by atoms with Gasteiger partial charge in [-0.05, 0) is 18.1 Å². The Morgan fingerprint density at radius 3 is 2.52 bits per heavy atom. The molecule has 5 heteroatoms. The third kappa shape index (κ3) is 4.18. The maximum absolute atomic E-state index is 12.5. The SMILES string of the molecule is NCCN(CCc1ccccc1)C(=O)c1coc(CN)c1.